The summed E-state index contributed by atoms with van der Waals surface area (Å²) in [5.74, 6) is -0.463. The molecule has 0 saturated heterocycles. The summed E-state index contributed by atoms with van der Waals surface area (Å²) in [6.45, 7) is 0. The van der Waals surface area contributed by atoms with Crippen LogP contribution in [0.3, 0.4) is 0 Å². The van der Waals surface area contributed by atoms with Crippen LogP contribution in [0.2, 0.25) is 0 Å². The number of ether oxygens (including phenoxy) is 2. The van der Waals surface area contributed by atoms with Crippen molar-refractivity contribution >= 4 is 12.1 Å². The zero-order valence-corrected chi connectivity index (χ0v) is 8.88. The number of carbonyl (C=O) groups excluding carboxylic acids is 2. The molecule has 1 aromatic carbocycles. The van der Waals surface area contributed by atoms with E-state index in [1.54, 1.807) is 24.3 Å². The fourth-order valence-corrected chi connectivity index (χ4v) is 1.27. The molecule has 0 saturated carbocycles. The standard InChI is InChI=1S/C11H13NO4/c1-15-10(13)7-9(16-11(12)14)8-5-3-2-4-6-8/h2-6,9H,7H2,1H3,(H2,12,14). The van der Waals surface area contributed by atoms with Gasteiger partial charge in [0.1, 0.15) is 6.10 Å². The van der Waals surface area contributed by atoms with Crippen LogP contribution in [0.25, 0.3) is 0 Å². The molecule has 0 aliphatic rings. The predicted octanol–water partition coefficient (Wildman–Crippen LogP) is 1.39. The predicted molar refractivity (Wildman–Crippen MR) is 56.5 cm³/mol. The molecule has 1 unspecified atom stereocenters. The monoisotopic (exact) mass is 223 g/mol. The molecule has 1 atom stereocenters. The van der Waals surface area contributed by atoms with Crippen molar-refractivity contribution < 1.29 is 19.1 Å². The van der Waals surface area contributed by atoms with Crippen molar-refractivity contribution in [2.75, 3.05) is 7.11 Å². The number of hydrogen-bond acceptors (Lipinski definition) is 4. The van der Waals surface area contributed by atoms with Crippen LogP contribution in [0.15, 0.2) is 30.3 Å². The SMILES string of the molecule is COC(=O)CC(OC(N)=O)c1ccccc1. The minimum absolute atomic E-state index is 0.0521. The molecule has 0 aromatic heterocycles. The third kappa shape index (κ3) is 3.61. The summed E-state index contributed by atoms with van der Waals surface area (Å²) in [5.41, 5.74) is 5.64. The molecule has 5 heteroatoms. The Morgan fingerprint density at radius 1 is 1.31 bits per heavy atom. The number of benzene rings is 1. The van der Waals surface area contributed by atoms with Crippen molar-refractivity contribution in [1.29, 1.82) is 0 Å². The fraction of sp³-hybridized carbons (Fsp3) is 0.273. The average molecular weight is 223 g/mol. The van der Waals surface area contributed by atoms with E-state index in [1.165, 1.54) is 7.11 Å². The van der Waals surface area contributed by atoms with Crippen molar-refractivity contribution in [3.05, 3.63) is 35.9 Å². The number of nitrogens with two attached hydrogens (primary N) is 1. The van der Waals surface area contributed by atoms with Crippen molar-refractivity contribution in [2.24, 2.45) is 5.73 Å². The Kier molecular flexibility index (Phi) is 4.32. The van der Waals surface area contributed by atoms with Gasteiger partial charge in [-0.05, 0) is 5.56 Å². The summed E-state index contributed by atoms with van der Waals surface area (Å²) in [6, 6.07) is 8.88. The van der Waals surface area contributed by atoms with Gasteiger partial charge in [-0.1, -0.05) is 30.3 Å². The quantitative estimate of drug-likeness (QED) is 0.782. The molecule has 0 spiro atoms. The fourth-order valence-electron chi connectivity index (χ4n) is 1.27. The maximum Gasteiger partial charge on any atom is 0.405 e. The second-order valence-electron chi connectivity index (χ2n) is 3.12. The molecule has 0 aliphatic heterocycles. The summed E-state index contributed by atoms with van der Waals surface area (Å²) in [7, 11) is 1.27. The molecule has 0 bridgehead atoms. The number of rotatable bonds is 4. The zero-order valence-electron chi connectivity index (χ0n) is 8.88. The van der Waals surface area contributed by atoms with Crippen LogP contribution in [0.5, 0.6) is 0 Å². The first-order valence-electron chi connectivity index (χ1n) is 4.71. The van der Waals surface area contributed by atoms with Gasteiger partial charge in [0, 0.05) is 0 Å². The van der Waals surface area contributed by atoms with E-state index in [1.807, 2.05) is 6.07 Å². The Labute approximate surface area is 93.1 Å². The highest BCUT2D eigenvalue weighted by atomic mass is 16.6. The number of methoxy groups -OCH3 is 1. The van der Waals surface area contributed by atoms with Gasteiger partial charge in [0.15, 0.2) is 0 Å². The van der Waals surface area contributed by atoms with Gasteiger partial charge in [0.25, 0.3) is 0 Å². The molecule has 0 radical (unpaired) electrons. The normalized spacial score (nSPS) is 11.6. The smallest absolute Gasteiger partial charge is 0.405 e. The molecular weight excluding hydrogens is 210 g/mol. The van der Waals surface area contributed by atoms with E-state index in [0.29, 0.717) is 5.56 Å². The van der Waals surface area contributed by atoms with E-state index >= 15 is 0 Å². The Bertz CT molecular complexity index is 364. The molecule has 0 fully saturated rings. The highest BCUT2D eigenvalue weighted by molar-refractivity contribution is 5.71. The lowest BCUT2D eigenvalue weighted by Gasteiger charge is -2.15. The highest BCUT2D eigenvalue weighted by Crippen LogP contribution is 2.21. The Morgan fingerprint density at radius 2 is 1.94 bits per heavy atom. The van der Waals surface area contributed by atoms with Crippen LogP contribution in [0.1, 0.15) is 18.1 Å². The van der Waals surface area contributed by atoms with Crippen LogP contribution in [-0.4, -0.2) is 19.2 Å². The van der Waals surface area contributed by atoms with E-state index in [2.05, 4.69) is 4.74 Å². The molecule has 2 N–H and O–H groups in total. The number of primary amides is 1. The van der Waals surface area contributed by atoms with Crippen LogP contribution in [0, 0.1) is 0 Å². The molecule has 0 aliphatic carbocycles. The summed E-state index contributed by atoms with van der Waals surface area (Å²) in [4.78, 5) is 21.8. The minimum Gasteiger partial charge on any atom is -0.469 e. The van der Waals surface area contributed by atoms with Gasteiger partial charge in [-0.25, -0.2) is 4.79 Å². The first-order chi connectivity index (χ1) is 7.63. The largest absolute Gasteiger partial charge is 0.469 e. The lowest BCUT2D eigenvalue weighted by atomic mass is 10.1. The molecule has 16 heavy (non-hydrogen) atoms. The van der Waals surface area contributed by atoms with Crippen LogP contribution >= 0.6 is 0 Å². The van der Waals surface area contributed by atoms with Gasteiger partial charge < -0.3 is 15.2 Å². The molecule has 86 valence electrons. The van der Waals surface area contributed by atoms with Crippen molar-refractivity contribution in [3.63, 3.8) is 0 Å². The van der Waals surface area contributed by atoms with E-state index in [0.717, 1.165) is 0 Å². The van der Waals surface area contributed by atoms with Gasteiger partial charge in [-0.15, -0.1) is 0 Å². The van der Waals surface area contributed by atoms with Crippen LogP contribution in [0.4, 0.5) is 4.79 Å². The molecule has 1 amide bonds. The van der Waals surface area contributed by atoms with E-state index in [9.17, 15) is 9.59 Å². The lowest BCUT2D eigenvalue weighted by Crippen LogP contribution is -2.20. The maximum atomic E-state index is 11.1. The number of carbonyl (C=O) groups is 2. The van der Waals surface area contributed by atoms with E-state index in [4.69, 9.17) is 10.5 Å². The number of hydrogen-bond donors (Lipinski definition) is 1. The first-order valence-corrected chi connectivity index (χ1v) is 4.71. The Hall–Kier alpha value is -2.04. The molecule has 1 rings (SSSR count). The zero-order chi connectivity index (χ0) is 12.0. The lowest BCUT2D eigenvalue weighted by molar-refractivity contribution is -0.142. The average Bonchev–Trinajstić information content (AvgIpc) is 2.28. The Balaban J connectivity index is 2.79. The van der Waals surface area contributed by atoms with E-state index in [-0.39, 0.29) is 6.42 Å². The van der Waals surface area contributed by atoms with Gasteiger partial charge in [0.2, 0.25) is 0 Å². The van der Waals surface area contributed by atoms with E-state index < -0.39 is 18.2 Å². The minimum atomic E-state index is -0.919. The summed E-state index contributed by atoms with van der Waals surface area (Å²) < 4.78 is 9.36. The second kappa shape index (κ2) is 5.75. The third-order valence-electron chi connectivity index (χ3n) is 2.01. The third-order valence-corrected chi connectivity index (χ3v) is 2.01. The topological polar surface area (TPSA) is 78.6 Å². The molecular formula is C11H13NO4. The van der Waals surface area contributed by atoms with Gasteiger partial charge >= 0.3 is 12.1 Å². The highest BCUT2D eigenvalue weighted by Gasteiger charge is 2.19. The number of esters is 1. The number of amides is 1. The molecule has 1 aromatic rings. The summed E-state index contributed by atoms with van der Waals surface area (Å²) in [6.07, 6.45) is -1.67. The van der Waals surface area contributed by atoms with Crippen LogP contribution in [-0.2, 0) is 14.3 Å². The maximum absolute atomic E-state index is 11.1. The van der Waals surface area contributed by atoms with Crippen molar-refractivity contribution in [1.82, 2.24) is 0 Å². The molecule has 5 nitrogen and oxygen atoms in total. The van der Waals surface area contributed by atoms with Gasteiger partial charge in [-0.2, -0.15) is 0 Å². The van der Waals surface area contributed by atoms with Crippen molar-refractivity contribution in [2.45, 2.75) is 12.5 Å². The summed E-state index contributed by atoms with van der Waals surface area (Å²) >= 11 is 0. The second-order valence-corrected chi connectivity index (χ2v) is 3.12. The van der Waals surface area contributed by atoms with Crippen molar-refractivity contribution in [3.8, 4) is 0 Å². The van der Waals surface area contributed by atoms with Gasteiger partial charge in [0.05, 0.1) is 13.5 Å². The van der Waals surface area contributed by atoms with Gasteiger partial charge in [-0.3, -0.25) is 4.79 Å². The molecule has 0 heterocycles. The Morgan fingerprint density at radius 3 is 2.44 bits per heavy atom. The van der Waals surface area contributed by atoms with Crippen LogP contribution < -0.4 is 5.73 Å². The summed E-state index contributed by atoms with van der Waals surface area (Å²) in [5, 5.41) is 0. The first kappa shape index (κ1) is 12.0.